The molecule has 1 unspecified atom stereocenters. The number of aromatic nitrogens is 2. The minimum atomic E-state index is -1.20. The maximum absolute atomic E-state index is 15.5. The normalized spacial score (nSPS) is 20.7. The summed E-state index contributed by atoms with van der Waals surface area (Å²) in [7, 11) is 0. The van der Waals surface area contributed by atoms with Crippen LogP contribution in [0.2, 0.25) is 5.02 Å². The van der Waals surface area contributed by atoms with Crippen LogP contribution in [-0.4, -0.2) is 44.2 Å². The molecule has 1 aliphatic carbocycles. The number of rotatable bonds is 8. The Morgan fingerprint density at radius 1 is 1.24 bits per heavy atom. The average Bonchev–Trinajstić information content (AvgIpc) is 3.10. The Labute approximate surface area is 197 Å². The lowest BCUT2D eigenvalue weighted by Gasteiger charge is -2.38. The molecule has 2 atom stereocenters. The summed E-state index contributed by atoms with van der Waals surface area (Å²) in [6.45, 7) is 1.52. The van der Waals surface area contributed by atoms with E-state index >= 15 is 4.39 Å². The van der Waals surface area contributed by atoms with E-state index in [0.717, 1.165) is 32.1 Å². The third kappa shape index (κ3) is 4.62. The molecule has 2 aliphatic rings. The van der Waals surface area contributed by atoms with Gasteiger partial charge in [-0.2, -0.15) is 0 Å². The molecule has 2 heterocycles. The SMILES string of the molecule is CCC(O)(c1cc(F)c2c(c1)C(=O)N(Cc1ncc(Cl)cn1)[C@@H]2OCCO)C1CCCCC1. The lowest BCUT2D eigenvalue weighted by atomic mass is 9.71. The molecule has 1 amide bonds. The summed E-state index contributed by atoms with van der Waals surface area (Å²) in [5, 5.41) is 21.2. The zero-order valence-electron chi connectivity index (χ0n) is 18.6. The summed E-state index contributed by atoms with van der Waals surface area (Å²) in [4.78, 5) is 23.0. The number of hydrogen-bond acceptors (Lipinski definition) is 6. The van der Waals surface area contributed by atoms with Gasteiger partial charge in [0, 0.05) is 18.0 Å². The largest absolute Gasteiger partial charge is 0.394 e. The first kappa shape index (κ1) is 24.0. The van der Waals surface area contributed by atoms with Crippen molar-refractivity contribution < 1.29 is 24.1 Å². The molecule has 33 heavy (non-hydrogen) atoms. The highest BCUT2D eigenvalue weighted by Crippen LogP contribution is 2.45. The first-order valence-corrected chi connectivity index (χ1v) is 11.8. The molecule has 4 rings (SSSR count). The molecule has 1 saturated carbocycles. The van der Waals surface area contributed by atoms with Crippen LogP contribution < -0.4 is 0 Å². The molecule has 0 saturated heterocycles. The van der Waals surface area contributed by atoms with Gasteiger partial charge in [-0.05, 0) is 42.9 Å². The fraction of sp³-hybridized carbons (Fsp3) is 0.542. The third-order valence-electron chi connectivity index (χ3n) is 6.82. The number of nitrogens with zero attached hydrogens (tertiary/aromatic N) is 3. The first-order chi connectivity index (χ1) is 15.9. The molecular weight excluding hydrogens is 449 g/mol. The second-order valence-corrected chi connectivity index (χ2v) is 9.17. The summed E-state index contributed by atoms with van der Waals surface area (Å²) in [6, 6.07) is 2.94. The predicted octanol–water partition coefficient (Wildman–Crippen LogP) is 4.11. The Hall–Kier alpha value is -2.13. The summed E-state index contributed by atoms with van der Waals surface area (Å²) >= 11 is 5.85. The van der Waals surface area contributed by atoms with Crippen LogP contribution in [0.4, 0.5) is 4.39 Å². The van der Waals surface area contributed by atoms with E-state index in [1.807, 2.05) is 6.92 Å². The topological polar surface area (TPSA) is 95.8 Å². The Bertz CT molecular complexity index is 1000. The van der Waals surface area contributed by atoms with Crippen molar-refractivity contribution in [2.45, 2.75) is 63.8 Å². The molecule has 2 aromatic rings. The number of carbonyl (C=O) groups excluding carboxylic acids is 1. The number of halogens is 2. The Morgan fingerprint density at radius 2 is 1.94 bits per heavy atom. The Kier molecular flexibility index (Phi) is 7.28. The maximum Gasteiger partial charge on any atom is 0.257 e. The predicted molar refractivity (Wildman–Crippen MR) is 120 cm³/mol. The molecule has 0 spiro atoms. The van der Waals surface area contributed by atoms with E-state index in [9.17, 15) is 15.0 Å². The zero-order chi connectivity index (χ0) is 23.6. The van der Waals surface area contributed by atoms with Crippen LogP contribution in [0.15, 0.2) is 24.5 Å². The van der Waals surface area contributed by atoms with Gasteiger partial charge in [0.15, 0.2) is 6.23 Å². The molecule has 9 heteroatoms. The lowest BCUT2D eigenvalue weighted by Crippen LogP contribution is -2.36. The number of fused-ring (bicyclic) bond motifs is 1. The maximum atomic E-state index is 15.5. The molecule has 0 radical (unpaired) electrons. The van der Waals surface area contributed by atoms with Crippen molar-refractivity contribution in [1.82, 2.24) is 14.9 Å². The Balaban J connectivity index is 1.72. The number of ether oxygens (including phenoxy) is 1. The van der Waals surface area contributed by atoms with Gasteiger partial charge >= 0.3 is 0 Å². The number of hydrogen-bond donors (Lipinski definition) is 2. The summed E-state index contributed by atoms with van der Waals surface area (Å²) in [5.74, 6) is -0.702. The van der Waals surface area contributed by atoms with Crippen molar-refractivity contribution in [1.29, 1.82) is 0 Å². The van der Waals surface area contributed by atoms with E-state index in [2.05, 4.69) is 9.97 Å². The van der Waals surface area contributed by atoms with Crippen LogP contribution in [0.25, 0.3) is 0 Å². The quantitative estimate of drug-likeness (QED) is 0.594. The second kappa shape index (κ2) is 10.0. The van der Waals surface area contributed by atoms with E-state index < -0.39 is 23.6 Å². The molecule has 1 aromatic heterocycles. The number of aliphatic hydroxyl groups excluding tert-OH is 1. The minimum Gasteiger partial charge on any atom is -0.394 e. The van der Waals surface area contributed by atoms with Gasteiger partial charge in [0.05, 0.1) is 35.9 Å². The number of aliphatic hydroxyl groups is 2. The van der Waals surface area contributed by atoms with Gasteiger partial charge in [-0.15, -0.1) is 0 Å². The van der Waals surface area contributed by atoms with Crippen molar-refractivity contribution >= 4 is 17.5 Å². The van der Waals surface area contributed by atoms with Crippen LogP contribution in [0.1, 0.15) is 79.0 Å². The highest BCUT2D eigenvalue weighted by Gasteiger charge is 2.44. The highest BCUT2D eigenvalue weighted by molar-refractivity contribution is 6.30. The van der Waals surface area contributed by atoms with E-state index in [1.54, 1.807) is 6.07 Å². The first-order valence-electron chi connectivity index (χ1n) is 11.4. The van der Waals surface area contributed by atoms with Crippen molar-refractivity contribution in [2.75, 3.05) is 13.2 Å². The lowest BCUT2D eigenvalue weighted by molar-refractivity contribution is -0.0556. The van der Waals surface area contributed by atoms with Crippen molar-refractivity contribution in [3.05, 3.63) is 57.9 Å². The molecule has 2 N–H and O–H groups in total. The van der Waals surface area contributed by atoms with Crippen LogP contribution in [-0.2, 0) is 16.9 Å². The van der Waals surface area contributed by atoms with E-state index in [1.165, 1.54) is 23.4 Å². The molecular formula is C24H29ClFN3O4. The highest BCUT2D eigenvalue weighted by atomic mass is 35.5. The van der Waals surface area contributed by atoms with Gasteiger partial charge in [-0.25, -0.2) is 14.4 Å². The van der Waals surface area contributed by atoms with Crippen molar-refractivity contribution in [2.24, 2.45) is 5.92 Å². The number of benzene rings is 1. The van der Waals surface area contributed by atoms with Crippen LogP contribution >= 0.6 is 11.6 Å². The molecule has 0 bridgehead atoms. The minimum absolute atomic E-state index is 0.0176. The molecule has 7 nitrogen and oxygen atoms in total. The van der Waals surface area contributed by atoms with Crippen LogP contribution in [0, 0.1) is 11.7 Å². The van der Waals surface area contributed by atoms with Crippen LogP contribution in [0.5, 0.6) is 0 Å². The average molecular weight is 478 g/mol. The molecule has 1 aliphatic heterocycles. The smallest absolute Gasteiger partial charge is 0.257 e. The van der Waals surface area contributed by atoms with Gasteiger partial charge in [-0.3, -0.25) is 4.79 Å². The molecule has 1 aromatic carbocycles. The van der Waals surface area contributed by atoms with E-state index in [-0.39, 0.29) is 36.8 Å². The van der Waals surface area contributed by atoms with E-state index in [4.69, 9.17) is 16.3 Å². The van der Waals surface area contributed by atoms with E-state index in [0.29, 0.717) is 22.8 Å². The summed E-state index contributed by atoms with van der Waals surface area (Å²) in [5.41, 5.74) is -0.519. The van der Waals surface area contributed by atoms with Crippen LogP contribution in [0.3, 0.4) is 0 Å². The van der Waals surface area contributed by atoms with Crippen molar-refractivity contribution in [3.63, 3.8) is 0 Å². The number of carbonyl (C=O) groups is 1. The van der Waals surface area contributed by atoms with Crippen molar-refractivity contribution in [3.8, 4) is 0 Å². The fourth-order valence-corrected chi connectivity index (χ4v) is 5.18. The zero-order valence-corrected chi connectivity index (χ0v) is 19.4. The molecule has 1 fully saturated rings. The fourth-order valence-electron chi connectivity index (χ4n) is 5.09. The standard InChI is InChI=1S/C24H29ClFN3O4/c1-2-24(32,15-6-4-3-5-7-15)16-10-18-21(19(26)11-16)23(33-9-8-30)29(22(18)31)14-20-27-12-17(25)13-28-20/h10-13,15,23,30,32H,2-9,14H2,1H3/t23-,24?/m1/s1. The van der Waals surface area contributed by atoms with Gasteiger partial charge in [0.1, 0.15) is 11.6 Å². The summed E-state index contributed by atoms with van der Waals surface area (Å²) < 4.78 is 21.2. The van der Waals surface area contributed by atoms with Gasteiger partial charge < -0.3 is 19.8 Å². The van der Waals surface area contributed by atoms with Gasteiger partial charge in [-0.1, -0.05) is 37.8 Å². The molecule has 178 valence electrons. The van der Waals surface area contributed by atoms with Gasteiger partial charge in [0.25, 0.3) is 5.91 Å². The second-order valence-electron chi connectivity index (χ2n) is 8.73. The Morgan fingerprint density at radius 3 is 2.58 bits per heavy atom. The van der Waals surface area contributed by atoms with Gasteiger partial charge in [0.2, 0.25) is 0 Å². The third-order valence-corrected chi connectivity index (χ3v) is 7.02. The number of amides is 1. The monoisotopic (exact) mass is 477 g/mol. The summed E-state index contributed by atoms with van der Waals surface area (Å²) in [6.07, 6.45) is 7.19.